The Bertz CT molecular complexity index is 467. The maximum atomic E-state index is 5.68. The van der Waals surface area contributed by atoms with Crippen molar-refractivity contribution in [3.05, 3.63) is 24.2 Å². The van der Waals surface area contributed by atoms with Crippen molar-refractivity contribution < 1.29 is 9.15 Å². The highest BCUT2D eigenvalue weighted by atomic mass is 127. The van der Waals surface area contributed by atoms with E-state index in [0.29, 0.717) is 12.1 Å². The number of halogens is 1. The summed E-state index contributed by atoms with van der Waals surface area (Å²) in [5, 5.41) is 7.07. The largest absolute Gasteiger partial charge is 0.469 e. The molecule has 24 heavy (non-hydrogen) atoms. The Kier molecular flexibility index (Phi) is 8.94. The van der Waals surface area contributed by atoms with Gasteiger partial charge in [0.25, 0.3) is 0 Å². The van der Waals surface area contributed by atoms with Crippen molar-refractivity contribution in [1.29, 1.82) is 0 Å². The molecular formula is C18H30IN3O2. The van der Waals surface area contributed by atoms with Crippen LogP contribution >= 0.6 is 24.0 Å². The molecule has 1 aromatic rings. The molecule has 0 spiro atoms. The van der Waals surface area contributed by atoms with E-state index in [4.69, 9.17) is 14.1 Å². The highest BCUT2D eigenvalue weighted by Gasteiger charge is 2.17. The van der Waals surface area contributed by atoms with Crippen LogP contribution in [0.1, 0.15) is 50.7 Å². The van der Waals surface area contributed by atoms with Crippen LogP contribution in [0.25, 0.3) is 0 Å². The Labute approximate surface area is 162 Å². The number of hydrogen-bond acceptors (Lipinski definition) is 3. The molecule has 1 aliphatic heterocycles. The van der Waals surface area contributed by atoms with Crippen LogP contribution in [-0.2, 0) is 11.2 Å². The summed E-state index contributed by atoms with van der Waals surface area (Å²) in [7, 11) is 0. The standard InChI is InChI=1S/C18H29N3O2.HI/c1-2-6-15(7-3-1)21-18(20-14-17-9-5-13-23-17)19-11-10-16-8-4-12-22-16;/h4,8,12,15,17H,1-3,5-7,9-11,13-14H2,(H2,19,20,21);1H. The molecule has 136 valence electrons. The van der Waals surface area contributed by atoms with Crippen LogP contribution in [0.4, 0.5) is 0 Å². The fourth-order valence-corrected chi connectivity index (χ4v) is 3.33. The summed E-state index contributed by atoms with van der Waals surface area (Å²) < 4.78 is 11.1. The zero-order valence-corrected chi connectivity index (χ0v) is 16.7. The first-order valence-electron chi connectivity index (χ1n) is 9.09. The Morgan fingerprint density at radius 2 is 2.04 bits per heavy atom. The molecule has 1 atom stereocenters. The van der Waals surface area contributed by atoms with Crippen LogP contribution in [0.3, 0.4) is 0 Å². The highest BCUT2D eigenvalue weighted by molar-refractivity contribution is 14.0. The summed E-state index contributed by atoms with van der Waals surface area (Å²) in [6.45, 7) is 2.47. The van der Waals surface area contributed by atoms with Crippen molar-refractivity contribution in [1.82, 2.24) is 10.6 Å². The lowest BCUT2D eigenvalue weighted by Gasteiger charge is -2.25. The third-order valence-corrected chi connectivity index (χ3v) is 4.67. The van der Waals surface area contributed by atoms with Crippen LogP contribution in [0.5, 0.6) is 0 Å². The number of ether oxygens (including phenoxy) is 1. The van der Waals surface area contributed by atoms with Gasteiger partial charge in [0, 0.05) is 25.6 Å². The Hall–Kier alpha value is -0.760. The second-order valence-electron chi connectivity index (χ2n) is 6.56. The summed E-state index contributed by atoms with van der Waals surface area (Å²) in [5.74, 6) is 1.94. The third kappa shape index (κ3) is 6.63. The van der Waals surface area contributed by atoms with Gasteiger partial charge >= 0.3 is 0 Å². The fraction of sp³-hybridized carbons (Fsp3) is 0.722. The van der Waals surface area contributed by atoms with E-state index < -0.39 is 0 Å². The molecular weight excluding hydrogens is 417 g/mol. The van der Waals surface area contributed by atoms with Crippen LogP contribution in [0.15, 0.2) is 27.8 Å². The topological polar surface area (TPSA) is 58.8 Å². The minimum atomic E-state index is 0. The van der Waals surface area contributed by atoms with Gasteiger partial charge in [-0.1, -0.05) is 19.3 Å². The number of guanidine groups is 1. The van der Waals surface area contributed by atoms with Crippen LogP contribution in [-0.4, -0.2) is 37.8 Å². The first kappa shape index (κ1) is 19.6. The van der Waals surface area contributed by atoms with Gasteiger partial charge in [-0.3, -0.25) is 4.99 Å². The predicted molar refractivity (Wildman–Crippen MR) is 107 cm³/mol. The Morgan fingerprint density at radius 3 is 2.75 bits per heavy atom. The summed E-state index contributed by atoms with van der Waals surface area (Å²) >= 11 is 0. The lowest BCUT2D eigenvalue weighted by atomic mass is 9.96. The molecule has 1 saturated heterocycles. The number of aliphatic imine (C=N–C) groups is 1. The molecule has 5 nitrogen and oxygen atoms in total. The normalized spacial score (nSPS) is 22.2. The molecule has 1 aliphatic carbocycles. The molecule has 1 aromatic heterocycles. The lowest BCUT2D eigenvalue weighted by molar-refractivity contribution is 0.117. The highest BCUT2D eigenvalue weighted by Crippen LogP contribution is 2.17. The molecule has 0 bridgehead atoms. The fourth-order valence-electron chi connectivity index (χ4n) is 3.33. The first-order valence-corrected chi connectivity index (χ1v) is 9.09. The van der Waals surface area contributed by atoms with Gasteiger partial charge in [0.05, 0.1) is 18.9 Å². The quantitative estimate of drug-likeness (QED) is 0.398. The lowest BCUT2D eigenvalue weighted by Crippen LogP contribution is -2.45. The van der Waals surface area contributed by atoms with E-state index in [1.165, 1.54) is 32.1 Å². The van der Waals surface area contributed by atoms with Crippen molar-refractivity contribution in [3.63, 3.8) is 0 Å². The van der Waals surface area contributed by atoms with Crippen molar-refractivity contribution in [2.75, 3.05) is 19.7 Å². The number of furan rings is 1. The summed E-state index contributed by atoms with van der Waals surface area (Å²) in [6, 6.07) is 4.50. The second-order valence-corrected chi connectivity index (χ2v) is 6.56. The maximum absolute atomic E-state index is 5.68. The molecule has 2 N–H and O–H groups in total. The number of hydrogen-bond donors (Lipinski definition) is 2. The molecule has 2 fully saturated rings. The van der Waals surface area contributed by atoms with E-state index in [1.807, 2.05) is 12.1 Å². The van der Waals surface area contributed by atoms with Crippen LogP contribution < -0.4 is 10.6 Å². The zero-order valence-electron chi connectivity index (χ0n) is 14.3. The Morgan fingerprint density at radius 1 is 1.17 bits per heavy atom. The second kappa shape index (κ2) is 11.0. The van der Waals surface area contributed by atoms with E-state index >= 15 is 0 Å². The first-order chi connectivity index (χ1) is 11.4. The summed E-state index contributed by atoms with van der Waals surface area (Å²) in [4.78, 5) is 4.76. The number of nitrogens with zero attached hydrogens (tertiary/aromatic N) is 1. The number of rotatable bonds is 6. The SMILES string of the molecule is I.c1coc(CCNC(=NCC2CCCO2)NC2CCCCC2)c1. The molecule has 2 heterocycles. The molecule has 1 unspecified atom stereocenters. The molecule has 6 heteroatoms. The minimum absolute atomic E-state index is 0. The van der Waals surface area contributed by atoms with Gasteiger partial charge in [0.2, 0.25) is 0 Å². The maximum Gasteiger partial charge on any atom is 0.191 e. The van der Waals surface area contributed by atoms with Crippen molar-refractivity contribution >= 4 is 29.9 Å². The monoisotopic (exact) mass is 447 g/mol. The molecule has 3 rings (SSSR count). The van der Waals surface area contributed by atoms with Crippen molar-refractivity contribution in [2.24, 2.45) is 4.99 Å². The zero-order chi connectivity index (χ0) is 15.7. The third-order valence-electron chi connectivity index (χ3n) is 4.67. The van der Waals surface area contributed by atoms with Crippen molar-refractivity contribution in [2.45, 2.75) is 63.5 Å². The predicted octanol–water partition coefficient (Wildman–Crippen LogP) is 3.49. The molecule has 2 aliphatic rings. The van der Waals surface area contributed by atoms with Crippen LogP contribution in [0.2, 0.25) is 0 Å². The van der Waals surface area contributed by atoms with E-state index in [2.05, 4.69) is 10.6 Å². The molecule has 0 amide bonds. The van der Waals surface area contributed by atoms with Gasteiger partial charge in [-0.25, -0.2) is 0 Å². The molecule has 0 aromatic carbocycles. The Balaban J connectivity index is 0.00000208. The van der Waals surface area contributed by atoms with Gasteiger partial charge in [0.15, 0.2) is 5.96 Å². The van der Waals surface area contributed by atoms with Crippen LogP contribution in [0, 0.1) is 0 Å². The summed E-state index contributed by atoms with van der Waals surface area (Å²) in [5.41, 5.74) is 0. The van der Waals surface area contributed by atoms with Gasteiger partial charge in [0.1, 0.15) is 5.76 Å². The summed E-state index contributed by atoms with van der Waals surface area (Å²) in [6.07, 6.45) is 11.7. The van der Waals surface area contributed by atoms with E-state index in [0.717, 1.165) is 50.7 Å². The van der Waals surface area contributed by atoms with Gasteiger partial charge < -0.3 is 19.8 Å². The smallest absolute Gasteiger partial charge is 0.191 e. The molecule has 0 radical (unpaired) electrons. The van der Waals surface area contributed by atoms with Gasteiger partial charge in [-0.2, -0.15) is 0 Å². The molecule has 1 saturated carbocycles. The van der Waals surface area contributed by atoms with E-state index in [1.54, 1.807) is 6.26 Å². The minimum Gasteiger partial charge on any atom is -0.469 e. The van der Waals surface area contributed by atoms with Gasteiger partial charge in [-0.15, -0.1) is 24.0 Å². The van der Waals surface area contributed by atoms with Gasteiger partial charge in [-0.05, 0) is 37.8 Å². The van der Waals surface area contributed by atoms with Crippen molar-refractivity contribution in [3.8, 4) is 0 Å². The van der Waals surface area contributed by atoms with E-state index in [-0.39, 0.29) is 24.0 Å². The average Bonchev–Trinajstić information content (AvgIpc) is 3.27. The number of nitrogens with one attached hydrogen (secondary N) is 2. The average molecular weight is 447 g/mol. The van der Waals surface area contributed by atoms with E-state index in [9.17, 15) is 0 Å².